The monoisotopic (exact) mass is 323 g/mol. The molecule has 2 N–H and O–H groups in total. The van der Waals surface area contributed by atoms with Crippen molar-refractivity contribution in [2.45, 2.75) is 11.4 Å². The number of nitrogens with one attached hydrogen (secondary N) is 2. The second kappa shape index (κ2) is 5.46. The Bertz CT molecular complexity index is 689. The van der Waals surface area contributed by atoms with E-state index >= 15 is 0 Å². The second-order valence-corrected chi connectivity index (χ2v) is 6.10. The number of aromatic nitrogens is 2. The zero-order valence-corrected chi connectivity index (χ0v) is 11.7. The van der Waals surface area contributed by atoms with Crippen LogP contribution in [0.4, 0.5) is 4.39 Å². The van der Waals surface area contributed by atoms with Crippen LogP contribution in [-0.2, 0) is 16.6 Å². The molecule has 0 unspecified atom stereocenters. The van der Waals surface area contributed by atoms with Gasteiger partial charge in [0.1, 0.15) is 4.90 Å². The lowest BCUT2D eigenvalue weighted by Gasteiger charge is -2.08. The van der Waals surface area contributed by atoms with E-state index in [9.17, 15) is 12.8 Å². The van der Waals surface area contributed by atoms with Crippen LogP contribution in [0.5, 0.6) is 0 Å². The van der Waals surface area contributed by atoms with Crippen molar-refractivity contribution >= 4 is 33.2 Å². The largest absolute Gasteiger partial charge is 0.281 e. The zero-order valence-electron chi connectivity index (χ0n) is 9.32. The molecule has 19 heavy (non-hydrogen) atoms. The van der Waals surface area contributed by atoms with Gasteiger partial charge in [-0.1, -0.05) is 23.2 Å². The van der Waals surface area contributed by atoms with Gasteiger partial charge in [-0.2, -0.15) is 5.10 Å². The van der Waals surface area contributed by atoms with Crippen LogP contribution in [0.1, 0.15) is 5.69 Å². The molecule has 0 radical (unpaired) electrons. The smallest absolute Gasteiger partial charge is 0.242 e. The van der Waals surface area contributed by atoms with Crippen LogP contribution in [0.25, 0.3) is 0 Å². The van der Waals surface area contributed by atoms with Gasteiger partial charge in [0.05, 0.1) is 22.3 Å². The van der Waals surface area contributed by atoms with Gasteiger partial charge >= 0.3 is 0 Å². The van der Waals surface area contributed by atoms with Crippen LogP contribution in [-0.4, -0.2) is 18.6 Å². The van der Waals surface area contributed by atoms with Crippen molar-refractivity contribution in [1.82, 2.24) is 14.9 Å². The van der Waals surface area contributed by atoms with Crippen molar-refractivity contribution < 1.29 is 12.8 Å². The maximum Gasteiger partial charge on any atom is 0.242 e. The fraction of sp³-hybridized carbons (Fsp3) is 0.100. The molecule has 1 heterocycles. The highest BCUT2D eigenvalue weighted by molar-refractivity contribution is 7.89. The molecule has 0 amide bonds. The number of halogens is 3. The summed E-state index contributed by atoms with van der Waals surface area (Å²) in [6.07, 6.45) is 1.48. The molecule has 2 aromatic rings. The topological polar surface area (TPSA) is 74.8 Å². The van der Waals surface area contributed by atoms with Gasteiger partial charge in [0.2, 0.25) is 10.0 Å². The van der Waals surface area contributed by atoms with Gasteiger partial charge in [-0.3, -0.25) is 5.10 Å². The summed E-state index contributed by atoms with van der Waals surface area (Å²) in [4.78, 5) is -0.365. The highest BCUT2D eigenvalue weighted by Crippen LogP contribution is 2.29. The number of rotatable bonds is 4. The SMILES string of the molecule is O=S(=O)(NCc1ccn[nH]1)c1ccc(Cl)c(F)c1Cl. The molecule has 1 aromatic carbocycles. The lowest BCUT2D eigenvalue weighted by molar-refractivity contribution is 0.576. The Morgan fingerprint density at radius 1 is 1.32 bits per heavy atom. The molecule has 0 saturated carbocycles. The predicted molar refractivity (Wildman–Crippen MR) is 69.0 cm³/mol. The molecular formula is C10H8Cl2FN3O2S. The van der Waals surface area contributed by atoms with E-state index in [4.69, 9.17) is 23.2 Å². The minimum absolute atomic E-state index is 0.0110. The van der Waals surface area contributed by atoms with Gasteiger partial charge < -0.3 is 0 Å². The summed E-state index contributed by atoms with van der Waals surface area (Å²) in [5.41, 5.74) is 0.564. The Hall–Kier alpha value is -1.15. The standard InChI is InChI=1S/C10H8Cl2FN3O2S/c11-7-1-2-8(9(12)10(7)13)19(17,18)15-5-6-3-4-14-16-6/h1-4,15H,5H2,(H,14,16). The van der Waals surface area contributed by atoms with Crippen LogP contribution in [0.2, 0.25) is 10.0 Å². The van der Waals surface area contributed by atoms with E-state index in [0.717, 1.165) is 12.1 Å². The van der Waals surface area contributed by atoms with E-state index in [1.807, 2.05) is 0 Å². The number of H-pyrrole nitrogens is 1. The number of aromatic amines is 1. The van der Waals surface area contributed by atoms with Crippen LogP contribution >= 0.6 is 23.2 Å². The van der Waals surface area contributed by atoms with Gasteiger partial charge in [0, 0.05) is 6.20 Å². The van der Waals surface area contributed by atoms with Gasteiger partial charge in [0.25, 0.3) is 0 Å². The summed E-state index contributed by atoms with van der Waals surface area (Å²) in [5.74, 6) is -0.965. The van der Waals surface area contributed by atoms with E-state index < -0.39 is 20.9 Å². The second-order valence-electron chi connectivity index (χ2n) is 3.58. The average Bonchev–Trinajstić information content (AvgIpc) is 2.86. The van der Waals surface area contributed by atoms with Crippen LogP contribution in [0.3, 0.4) is 0 Å². The Morgan fingerprint density at radius 3 is 2.68 bits per heavy atom. The van der Waals surface area contributed by atoms with Crippen LogP contribution in [0.15, 0.2) is 29.3 Å². The first-order valence-electron chi connectivity index (χ1n) is 5.03. The van der Waals surface area contributed by atoms with E-state index in [-0.39, 0.29) is 16.5 Å². The molecule has 2 rings (SSSR count). The van der Waals surface area contributed by atoms with Crippen LogP contribution in [0, 0.1) is 5.82 Å². The molecule has 0 saturated heterocycles. The normalized spacial score (nSPS) is 11.7. The third-order valence-electron chi connectivity index (χ3n) is 2.30. The summed E-state index contributed by atoms with van der Waals surface area (Å²) in [7, 11) is -3.93. The highest BCUT2D eigenvalue weighted by atomic mass is 35.5. The number of nitrogens with zero attached hydrogens (tertiary/aromatic N) is 1. The highest BCUT2D eigenvalue weighted by Gasteiger charge is 2.21. The minimum atomic E-state index is -3.93. The van der Waals surface area contributed by atoms with Crippen molar-refractivity contribution in [3.05, 3.63) is 46.0 Å². The van der Waals surface area contributed by atoms with E-state index in [2.05, 4.69) is 14.9 Å². The fourth-order valence-electron chi connectivity index (χ4n) is 1.35. The van der Waals surface area contributed by atoms with E-state index in [1.54, 1.807) is 6.07 Å². The molecule has 0 aliphatic heterocycles. The molecule has 0 aliphatic carbocycles. The minimum Gasteiger partial charge on any atom is -0.281 e. The molecule has 5 nitrogen and oxygen atoms in total. The first kappa shape index (κ1) is 14.3. The average molecular weight is 324 g/mol. The Labute approximate surface area is 118 Å². The lowest BCUT2D eigenvalue weighted by atomic mass is 10.3. The number of hydrogen-bond donors (Lipinski definition) is 2. The summed E-state index contributed by atoms with van der Waals surface area (Å²) in [5, 5.41) is 5.49. The molecule has 0 bridgehead atoms. The maximum absolute atomic E-state index is 13.5. The molecule has 0 atom stereocenters. The molecule has 102 valence electrons. The van der Waals surface area contributed by atoms with E-state index in [1.165, 1.54) is 6.20 Å². The summed E-state index contributed by atoms with van der Waals surface area (Å²) >= 11 is 11.2. The molecule has 1 aromatic heterocycles. The molecule has 9 heteroatoms. The third kappa shape index (κ3) is 3.06. The van der Waals surface area contributed by atoms with Crippen molar-refractivity contribution in [3.8, 4) is 0 Å². The molecule has 0 spiro atoms. The maximum atomic E-state index is 13.5. The Kier molecular flexibility index (Phi) is 4.10. The van der Waals surface area contributed by atoms with Crippen molar-refractivity contribution in [1.29, 1.82) is 0 Å². The summed E-state index contributed by atoms with van der Waals surface area (Å²) in [6.45, 7) is -0.0110. The van der Waals surface area contributed by atoms with Gasteiger partial charge in [-0.05, 0) is 18.2 Å². The zero-order chi connectivity index (χ0) is 14.0. The predicted octanol–water partition coefficient (Wildman–Crippen LogP) is 2.33. The quantitative estimate of drug-likeness (QED) is 0.848. The summed E-state index contributed by atoms with van der Waals surface area (Å²) in [6, 6.07) is 3.88. The van der Waals surface area contributed by atoms with Gasteiger partial charge in [-0.15, -0.1) is 0 Å². The third-order valence-corrected chi connectivity index (χ3v) is 4.52. The fourth-order valence-corrected chi connectivity index (χ4v) is 3.10. The van der Waals surface area contributed by atoms with E-state index in [0.29, 0.717) is 5.69 Å². The van der Waals surface area contributed by atoms with Crippen LogP contribution < -0.4 is 4.72 Å². The Morgan fingerprint density at radius 2 is 2.05 bits per heavy atom. The number of hydrogen-bond acceptors (Lipinski definition) is 3. The van der Waals surface area contributed by atoms with Crippen molar-refractivity contribution in [2.75, 3.05) is 0 Å². The van der Waals surface area contributed by atoms with Gasteiger partial charge in [-0.25, -0.2) is 17.5 Å². The number of sulfonamides is 1. The van der Waals surface area contributed by atoms with Crippen molar-refractivity contribution in [2.24, 2.45) is 0 Å². The number of benzene rings is 1. The summed E-state index contributed by atoms with van der Waals surface area (Å²) < 4.78 is 39.7. The first-order valence-corrected chi connectivity index (χ1v) is 7.27. The lowest BCUT2D eigenvalue weighted by Crippen LogP contribution is -2.24. The molecular weight excluding hydrogens is 316 g/mol. The Balaban J connectivity index is 2.27. The van der Waals surface area contributed by atoms with Crippen molar-refractivity contribution in [3.63, 3.8) is 0 Å². The van der Waals surface area contributed by atoms with Gasteiger partial charge in [0.15, 0.2) is 5.82 Å². The molecule has 0 fully saturated rings. The molecule has 0 aliphatic rings. The first-order chi connectivity index (χ1) is 8.92.